The Hall–Kier alpha value is -1.89. The lowest BCUT2D eigenvalue weighted by atomic mass is 10.1. The van der Waals surface area contributed by atoms with E-state index in [1.54, 1.807) is 6.08 Å². The van der Waals surface area contributed by atoms with E-state index in [1.165, 1.54) is 11.1 Å². The molecule has 1 heteroatoms. The highest BCUT2D eigenvalue weighted by Crippen LogP contribution is 2.07. The predicted molar refractivity (Wildman–Crippen MR) is 82.3 cm³/mol. The van der Waals surface area contributed by atoms with Crippen LogP contribution in [0.1, 0.15) is 44.0 Å². The lowest BCUT2D eigenvalue weighted by Crippen LogP contribution is -1.92. The molecule has 1 aromatic carbocycles. The van der Waals surface area contributed by atoms with Crippen LogP contribution in [0.15, 0.2) is 65.8 Å². The van der Waals surface area contributed by atoms with E-state index in [2.05, 4.69) is 26.8 Å². The van der Waals surface area contributed by atoms with Crippen LogP contribution in [-0.2, 0) is 0 Å². The van der Waals surface area contributed by atoms with Gasteiger partial charge >= 0.3 is 0 Å². The van der Waals surface area contributed by atoms with E-state index in [9.17, 15) is 4.79 Å². The maximum absolute atomic E-state index is 11.8. The van der Waals surface area contributed by atoms with Crippen molar-refractivity contribution in [2.45, 2.75) is 33.6 Å². The van der Waals surface area contributed by atoms with Gasteiger partial charge < -0.3 is 0 Å². The second-order valence-electron chi connectivity index (χ2n) is 4.92. The minimum absolute atomic E-state index is 0.0500. The molecular formula is C18H22O. The Morgan fingerprint density at radius 3 is 2.42 bits per heavy atom. The third-order valence-corrected chi connectivity index (χ3v) is 2.78. The maximum Gasteiger partial charge on any atom is 0.185 e. The molecule has 0 atom stereocenters. The third-order valence-electron chi connectivity index (χ3n) is 2.78. The van der Waals surface area contributed by atoms with Gasteiger partial charge in [-0.2, -0.15) is 0 Å². The fourth-order valence-corrected chi connectivity index (χ4v) is 1.67. The Bertz CT molecular complexity index is 486. The Balaban J connectivity index is 2.48. The first-order chi connectivity index (χ1) is 9.09. The Morgan fingerprint density at radius 2 is 1.79 bits per heavy atom. The fourth-order valence-electron chi connectivity index (χ4n) is 1.67. The maximum atomic E-state index is 11.8. The molecule has 0 spiro atoms. The SMILES string of the molecule is CC(C)=CCCC(C)=CC=CC(=O)c1ccccc1. The molecule has 1 aromatic rings. The highest BCUT2D eigenvalue weighted by Gasteiger charge is 1.97. The first kappa shape index (κ1) is 15.2. The molecule has 0 saturated carbocycles. The summed E-state index contributed by atoms with van der Waals surface area (Å²) < 4.78 is 0. The number of carbonyl (C=O) groups is 1. The van der Waals surface area contributed by atoms with Gasteiger partial charge in [0.15, 0.2) is 5.78 Å². The predicted octanol–water partition coefficient (Wildman–Crippen LogP) is 5.12. The van der Waals surface area contributed by atoms with Gasteiger partial charge in [0, 0.05) is 5.56 Å². The zero-order valence-corrected chi connectivity index (χ0v) is 12.0. The quantitative estimate of drug-likeness (QED) is 0.298. The number of rotatable bonds is 6. The monoisotopic (exact) mass is 254 g/mol. The molecule has 1 nitrogen and oxygen atoms in total. The fraction of sp³-hybridized carbons (Fsp3) is 0.278. The number of carbonyl (C=O) groups excluding carboxylic acids is 1. The number of allylic oxidation sites excluding steroid dienone is 6. The number of ketones is 1. The number of hydrogen-bond acceptors (Lipinski definition) is 1. The van der Waals surface area contributed by atoms with Crippen LogP contribution in [0.2, 0.25) is 0 Å². The summed E-state index contributed by atoms with van der Waals surface area (Å²) in [6.45, 7) is 6.31. The topological polar surface area (TPSA) is 17.1 Å². The van der Waals surface area contributed by atoms with Crippen molar-refractivity contribution in [1.82, 2.24) is 0 Å². The molecule has 0 amide bonds. The second-order valence-corrected chi connectivity index (χ2v) is 4.92. The van der Waals surface area contributed by atoms with Crippen LogP contribution in [0.3, 0.4) is 0 Å². The van der Waals surface area contributed by atoms with Crippen LogP contribution in [0.4, 0.5) is 0 Å². The Labute approximate surface area is 116 Å². The molecule has 0 radical (unpaired) electrons. The van der Waals surface area contributed by atoms with Crippen molar-refractivity contribution < 1.29 is 4.79 Å². The normalized spacial score (nSPS) is 11.6. The molecule has 0 fully saturated rings. The van der Waals surface area contributed by atoms with E-state index < -0.39 is 0 Å². The van der Waals surface area contributed by atoms with Crippen molar-refractivity contribution in [3.63, 3.8) is 0 Å². The molecule has 19 heavy (non-hydrogen) atoms. The molecule has 0 heterocycles. The van der Waals surface area contributed by atoms with Crippen molar-refractivity contribution in [1.29, 1.82) is 0 Å². The summed E-state index contributed by atoms with van der Waals surface area (Å²) in [6, 6.07) is 9.33. The smallest absolute Gasteiger partial charge is 0.185 e. The molecule has 0 N–H and O–H groups in total. The number of benzene rings is 1. The van der Waals surface area contributed by atoms with E-state index in [4.69, 9.17) is 0 Å². The van der Waals surface area contributed by atoms with Crippen LogP contribution >= 0.6 is 0 Å². The van der Waals surface area contributed by atoms with Gasteiger partial charge in [-0.05, 0) is 39.7 Å². The molecule has 0 bridgehead atoms. The van der Waals surface area contributed by atoms with Crippen LogP contribution in [0, 0.1) is 0 Å². The molecule has 0 aliphatic rings. The summed E-state index contributed by atoms with van der Waals surface area (Å²) in [5, 5.41) is 0. The van der Waals surface area contributed by atoms with Crippen LogP contribution < -0.4 is 0 Å². The second kappa shape index (κ2) is 8.25. The van der Waals surface area contributed by atoms with Gasteiger partial charge in [-0.1, -0.05) is 59.7 Å². The first-order valence-electron chi connectivity index (χ1n) is 6.66. The molecule has 0 aliphatic carbocycles. The van der Waals surface area contributed by atoms with E-state index in [-0.39, 0.29) is 5.78 Å². The highest BCUT2D eigenvalue weighted by atomic mass is 16.1. The van der Waals surface area contributed by atoms with Gasteiger partial charge in [0.1, 0.15) is 0 Å². The molecular weight excluding hydrogens is 232 g/mol. The molecule has 0 saturated heterocycles. The summed E-state index contributed by atoms with van der Waals surface area (Å²) in [5.41, 5.74) is 3.37. The van der Waals surface area contributed by atoms with Crippen molar-refractivity contribution >= 4 is 5.78 Å². The van der Waals surface area contributed by atoms with Gasteiger partial charge in [-0.3, -0.25) is 4.79 Å². The molecule has 1 rings (SSSR count). The van der Waals surface area contributed by atoms with Crippen LogP contribution in [0.25, 0.3) is 0 Å². The Morgan fingerprint density at radius 1 is 1.11 bits per heavy atom. The first-order valence-corrected chi connectivity index (χ1v) is 6.66. The van der Waals surface area contributed by atoms with E-state index >= 15 is 0 Å². The van der Waals surface area contributed by atoms with E-state index in [0.29, 0.717) is 0 Å². The van der Waals surface area contributed by atoms with Gasteiger partial charge in [0.2, 0.25) is 0 Å². The molecule has 0 unspecified atom stereocenters. The van der Waals surface area contributed by atoms with Crippen LogP contribution in [0.5, 0.6) is 0 Å². The van der Waals surface area contributed by atoms with Gasteiger partial charge in [0.05, 0.1) is 0 Å². The summed E-state index contributed by atoms with van der Waals surface area (Å²) >= 11 is 0. The van der Waals surface area contributed by atoms with Crippen LogP contribution in [-0.4, -0.2) is 5.78 Å². The Kier molecular flexibility index (Phi) is 6.59. The lowest BCUT2D eigenvalue weighted by molar-refractivity contribution is 0.104. The standard InChI is InChI=1S/C18H22O/c1-15(2)9-7-10-16(3)11-8-14-18(19)17-12-5-4-6-13-17/h4-6,8-9,11-14H,7,10H2,1-3H3. The summed E-state index contributed by atoms with van der Waals surface area (Å²) in [6.07, 6.45) is 9.81. The lowest BCUT2D eigenvalue weighted by Gasteiger charge is -1.97. The zero-order chi connectivity index (χ0) is 14.1. The van der Waals surface area contributed by atoms with Crippen molar-refractivity contribution in [2.24, 2.45) is 0 Å². The zero-order valence-electron chi connectivity index (χ0n) is 12.0. The highest BCUT2D eigenvalue weighted by molar-refractivity contribution is 6.04. The minimum Gasteiger partial charge on any atom is -0.289 e. The van der Waals surface area contributed by atoms with E-state index in [0.717, 1.165) is 18.4 Å². The van der Waals surface area contributed by atoms with Gasteiger partial charge in [0.25, 0.3) is 0 Å². The summed E-state index contributed by atoms with van der Waals surface area (Å²) in [4.78, 5) is 11.8. The van der Waals surface area contributed by atoms with Gasteiger partial charge in [-0.25, -0.2) is 0 Å². The van der Waals surface area contributed by atoms with Crippen molar-refractivity contribution in [2.75, 3.05) is 0 Å². The molecule has 0 aliphatic heterocycles. The molecule has 100 valence electrons. The van der Waals surface area contributed by atoms with Gasteiger partial charge in [-0.15, -0.1) is 0 Å². The van der Waals surface area contributed by atoms with Crippen molar-refractivity contribution in [3.8, 4) is 0 Å². The minimum atomic E-state index is 0.0500. The largest absolute Gasteiger partial charge is 0.289 e. The summed E-state index contributed by atoms with van der Waals surface area (Å²) in [5.74, 6) is 0.0500. The third kappa shape index (κ3) is 6.56. The number of hydrogen-bond donors (Lipinski definition) is 0. The summed E-state index contributed by atoms with van der Waals surface area (Å²) in [7, 11) is 0. The molecule has 0 aromatic heterocycles. The average molecular weight is 254 g/mol. The van der Waals surface area contributed by atoms with Crippen molar-refractivity contribution in [3.05, 3.63) is 71.3 Å². The van der Waals surface area contributed by atoms with E-state index in [1.807, 2.05) is 42.5 Å². The average Bonchev–Trinajstić information content (AvgIpc) is 2.39.